The number of carbonyl (C=O) groups excluding carboxylic acids is 1. The van der Waals surface area contributed by atoms with Crippen molar-refractivity contribution in [2.45, 2.75) is 18.1 Å². The van der Waals surface area contributed by atoms with Crippen LogP contribution in [0.2, 0.25) is 0 Å². The molecule has 94 valence electrons. The summed E-state index contributed by atoms with van der Waals surface area (Å²) in [6.45, 7) is 0.674. The van der Waals surface area contributed by atoms with Crippen LogP contribution in [-0.2, 0) is 17.8 Å². The van der Waals surface area contributed by atoms with Crippen molar-refractivity contribution >= 4 is 18.5 Å². The monoisotopic (exact) mass is 263 g/mol. The molecule has 1 heterocycles. The minimum Gasteiger partial charge on any atom is -0.354 e. The van der Waals surface area contributed by atoms with Crippen molar-refractivity contribution in [3.05, 3.63) is 35.9 Å². The van der Waals surface area contributed by atoms with Crippen molar-refractivity contribution in [3.8, 4) is 0 Å². The second-order valence-corrected chi connectivity index (χ2v) is 4.12. The summed E-state index contributed by atoms with van der Waals surface area (Å²) in [6.07, 6.45) is 0.802. The van der Waals surface area contributed by atoms with Crippen LogP contribution < -0.4 is 5.32 Å². The van der Waals surface area contributed by atoms with Gasteiger partial charge in [-0.05, 0) is 22.4 Å². The fourth-order valence-electron chi connectivity index (χ4n) is 1.49. The molecule has 18 heavy (non-hydrogen) atoms. The van der Waals surface area contributed by atoms with Gasteiger partial charge < -0.3 is 5.32 Å². The van der Waals surface area contributed by atoms with Gasteiger partial charge >= 0.3 is 0 Å². The van der Waals surface area contributed by atoms with E-state index in [0.717, 1.165) is 6.42 Å². The molecule has 0 fully saturated rings. The first-order valence-electron chi connectivity index (χ1n) is 5.51. The van der Waals surface area contributed by atoms with Crippen LogP contribution in [0.3, 0.4) is 0 Å². The molecule has 2 aromatic rings. The van der Waals surface area contributed by atoms with E-state index in [4.69, 9.17) is 0 Å². The summed E-state index contributed by atoms with van der Waals surface area (Å²) in [5, 5.41) is 13.8. The molecule has 0 aliphatic carbocycles. The number of aromatic nitrogens is 4. The number of nitrogens with one attached hydrogen (secondary N) is 1. The highest BCUT2D eigenvalue weighted by molar-refractivity contribution is 7.80. The van der Waals surface area contributed by atoms with Gasteiger partial charge in [-0.25, -0.2) is 4.68 Å². The number of rotatable bonds is 5. The molecule has 2 rings (SSSR count). The molecule has 0 unspecified atom stereocenters. The normalized spacial score (nSPS) is 10.3. The van der Waals surface area contributed by atoms with Gasteiger partial charge in [0.2, 0.25) is 11.1 Å². The Morgan fingerprint density at radius 2 is 2.11 bits per heavy atom. The number of nitrogens with zero attached hydrogens (tertiary/aromatic N) is 4. The third-order valence-corrected chi connectivity index (χ3v) is 2.71. The van der Waals surface area contributed by atoms with Gasteiger partial charge in [0.1, 0.15) is 6.54 Å². The van der Waals surface area contributed by atoms with Crippen LogP contribution in [0.25, 0.3) is 0 Å². The van der Waals surface area contributed by atoms with E-state index in [1.165, 1.54) is 10.2 Å². The van der Waals surface area contributed by atoms with E-state index in [1.807, 2.05) is 30.3 Å². The molecule has 0 spiro atoms. The van der Waals surface area contributed by atoms with E-state index >= 15 is 0 Å². The summed E-state index contributed by atoms with van der Waals surface area (Å²) in [5.74, 6) is -0.131. The van der Waals surface area contributed by atoms with Crippen molar-refractivity contribution in [2.24, 2.45) is 0 Å². The van der Waals surface area contributed by atoms with E-state index in [2.05, 4.69) is 33.5 Å². The molecule has 1 N–H and O–H groups in total. The molecule has 0 saturated carbocycles. The Morgan fingerprint density at radius 3 is 2.78 bits per heavy atom. The zero-order chi connectivity index (χ0) is 12.8. The van der Waals surface area contributed by atoms with Crippen LogP contribution >= 0.6 is 12.6 Å². The summed E-state index contributed by atoms with van der Waals surface area (Å²) < 4.78 is 1.33. The average Bonchev–Trinajstić information content (AvgIpc) is 2.76. The van der Waals surface area contributed by atoms with Crippen molar-refractivity contribution in [3.63, 3.8) is 0 Å². The molecule has 0 bridgehead atoms. The van der Waals surface area contributed by atoms with E-state index in [9.17, 15) is 4.79 Å². The quantitative estimate of drug-likeness (QED) is 0.762. The predicted octanol–water partition coefficient (Wildman–Crippen LogP) is 0.321. The summed E-state index contributed by atoms with van der Waals surface area (Å²) >= 11 is 4.02. The minimum absolute atomic E-state index is 0.0840. The number of thiol groups is 1. The van der Waals surface area contributed by atoms with Crippen molar-refractivity contribution in [1.82, 2.24) is 25.5 Å². The summed E-state index contributed by atoms with van der Waals surface area (Å²) in [6, 6.07) is 9.98. The van der Waals surface area contributed by atoms with Gasteiger partial charge in [0.25, 0.3) is 0 Å². The average molecular weight is 263 g/mol. The summed E-state index contributed by atoms with van der Waals surface area (Å²) in [7, 11) is 0. The molecular formula is C11H13N5OS. The molecule has 1 aromatic heterocycles. The highest BCUT2D eigenvalue weighted by Gasteiger charge is 2.06. The summed E-state index contributed by atoms with van der Waals surface area (Å²) in [5.41, 5.74) is 1.19. The maximum atomic E-state index is 11.6. The van der Waals surface area contributed by atoms with Crippen molar-refractivity contribution in [2.75, 3.05) is 6.54 Å². The minimum atomic E-state index is -0.131. The van der Waals surface area contributed by atoms with Crippen LogP contribution in [0.1, 0.15) is 5.56 Å². The van der Waals surface area contributed by atoms with E-state index in [0.29, 0.717) is 11.7 Å². The number of benzene rings is 1. The van der Waals surface area contributed by atoms with Crippen LogP contribution in [0, 0.1) is 0 Å². The Bertz CT molecular complexity index is 513. The lowest BCUT2D eigenvalue weighted by Gasteiger charge is -2.05. The maximum absolute atomic E-state index is 11.6. The first-order valence-corrected chi connectivity index (χ1v) is 5.96. The maximum Gasteiger partial charge on any atom is 0.241 e. The lowest BCUT2D eigenvalue weighted by molar-refractivity contribution is -0.121. The molecule has 0 radical (unpaired) electrons. The SMILES string of the molecule is O=C(Cn1nnnc1S)NCCc1ccccc1. The first-order chi connectivity index (χ1) is 8.75. The highest BCUT2D eigenvalue weighted by atomic mass is 32.1. The highest BCUT2D eigenvalue weighted by Crippen LogP contribution is 1.99. The van der Waals surface area contributed by atoms with Gasteiger partial charge in [-0.2, -0.15) is 0 Å². The number of tetrazole rings is 1. The molecule has 0 saturated heterocycles. The second-order valence-electron chi connectivity index (χ2n) is 3.72. The molecule has 0 atom stereocenters. The third-order valence-electron chi connectivity index (χ3n) is 2.39. The Labute approximate surface area is 110 Å². The van der Waals surface area contributed by atoms with Crippen LogP contribution in [0.15, 0.2) is 35.5 Å². The van der Waals surface area contributed by atoms with Gasteiger partial charge in [0.05, 0.1) is 0 Å². The smallest absolute Gasteiger partial charge is 0.241 e. The molecule has 1 amide bonds. The molecule has 6 nitrogen and oxygen atoms in total. The van der Waals surface area contributed by atoms with Gasteiger partial charge in [-0.3, -0.25) is 4.79 Å². The van der Waals surface area contributed by atoms with Crippen LogP contribution in [-0.4, -0.2) is 32.7 Å². The largest absolute Gasteiger partial charge is 0.354 e. The molecule has 1 aromatic carbocycles. The topological polar surface area (TPSA) is 72.7 Å². The number of amides is 1. The third kappa shape index (κ3) is 3.56. The molecular weight excluding hydrogens is 250 g/mol. The fourth-order valence-corrected chi connectivity index (χ4v) is 1.64. The van der Waals surface area contributed by atoms with E-state index < -0.39 is 0 Å². The van der Waals surface area contributed by atoms with Gasteiger partial charge in [0, 0.05) is 6.54 Å². The van der Waals surface area contributed by atoms with Crippen molar-refractivity contribution in [1.29, 1.82) is 0 Å². The zero-order valence-corrected chi connectivity index (χ0v) is 10.5. The Morgan fingerprint density at radius 1 is 1.33 bits per heavy atom. The van der Waals surface area contributed by atoms with Crippen molar-refractivity contribution < 1.29 is 4.79 Å². The Kier molecular flexibility index (Phi) is 4.30. The standard InChI is InChI=1S/C11H13N5OS/c17-10(8-16-11(18)13-14-15-16)12-7-6-9-4-2-1-3-5-9/h1-5H,6-8H2,(H,12,17)(H,13,15,18). The predicted molar refractivity (Wildman–Crippen MR) is 68.2 cm³/mol. The fraction of sp³-hybridized carbons (Fsp3) is 0.273. The summed E-state index contributed by atoms with van der Waals surface area (Å²) in [4.78, 5) is 11.6. The number of hydrogen-bond donors (Lipinski definition) is 2. The lowest BCUT2D eigenvalue weighted by atomic mass is 10.1. The van der Waals surface area contributed by atoms with Gasteiger partial charge in [-0.15, -0.1) is 17.7 Å². The van der Waals surface area contributed by atoms with E-state index in [-0.39, 0.29) is 12.5 Å². The number of hydrogen-bond acceptors (Lipinski definition) is 5. The molecule has 7 heteroatoms. The van der Waals surface area contributed by atoms with Crippen LogP contribution in [0.5, 0.6) is 0 Å². The molecule has 0 aliphatic rings. The Balaban J connectivity index is 1.74. The first kappa shape index (κ1) is 12.6. The zero-order valence-electron chi connectivity index (χ0n) is 9.65. The number of carbonyl (C=O) groups is 1. The van der Waals surface area contributed by atoms with Crippen LogP contribution in [0.4, 0.5) is 0 Å². The van der Waals surface area contributed by atoms with Gasteiger partial charge in [0.15, 0.2) is 0 Å². The van der Waals surface area contributed by atoms with E-state index in [1.54, 1.807) is 0 Å². The molecule has 0 aliphatic heterocycles. The lowest BCUT2D eigenvalue weighted by Crippen LogP contribution is -2.29. The second kappa shape index (κ2) is 6.15. The van der Waals surface area contributed by atoms with Gasteiger partial charge in [-0.1, -0.05) is 30.3 Å². The Hall–Kier alpha value is -1.89.